The van der Waals surface area contributed by atoms with Gasteiger partial charge in [0.25, 0.3) is 0 Å². The molecule has 0 fully saturated rings. The Morgan fingerprint density at radius 2 is 2.08 bits per heavy atom. The van der Waals surface area contributed by atoms with Gasteiger partial charge >= 0.3 is 0 Å². The number of allylic oxidation sites excluding steroid dienone is 2. The van der Waals surface area contributed by atoms with Crippen molar-refractivity contribution in [2.75, 3.05) is 5.75 Å². The van der Waals surface area contributed by atoms with Gasteiger partial charge in [0.05, 0.1) is 0 Å². The fourth-order valence-corrected chi connectivity index (χ4v) is 1.33. The molecule has 0 saturated carbocycles. The van der Waals surface area contributed by atoms with Gasteiger partial charge in [-0.25, -0.2) is 0 Å². The Labute approximate surface area is 87.7 Å². The fraction of sp³-hybridized carbons (Fsp3) is 0.636. The van der Waals surface area contributed by atoms with Gasteiger partial charge in [-0.1, -0.05) is 25.2 Å². The number of hydrogen-bond acceptors (Lipinski definition) is 2. The molecule has 0 aliphatic heterocycles. The number of rotatable bonds is 6. The first kappa shape index (κ1) is 12.6. The Hall–Kier alpha value is -0.370. The monoisotopic (exact) mass is 199 g/mol. The van der Waals surface area contributed by atoms with E-state index in [1.54, 1.807) is 0 Å². The minimum atomic E-state index is 0.408. The summed E-state index contributed by atoms with van der Waals surface area (Å²) in [4.78, 5) is 0. The number of thiol groups is 1. The second-order valence-corrected chi connectivity index (χ2v) is 3.56. The highest BCUT2D eigenvalue weighted by atomic mass is 32.1. The topological polar surface area (TPSA) is 12.0 Å². The largest absolute Gasteiger partial charge is 0.385 e. The summed E-state index contributed by atoms with van der Waals surface area (Å²) in [6.07, 6.45) is 9.58. The SMILES string of the molecule is C/C=C\NC(C)/C=C\[C@@H](CC)CS. The molecule has 0 heterocycles. The zero-order valence-corrected chi connectivity index (χ0v) is 9.72. The molecule has 1 N–H and O–H groups in total. The van der Waals surface area contributed by atoms with Crippen molar-refractivity contribution < 1.29 is 0 Å². The van der Waals surface area contributed by atoms with Gasteiger partial charge in [-0.2, -0.15) is 12.6 Å². The van der Waals surface area contributed by atoms with Gasteiger partial charge in [-0.15, -0.1) is 0 Å². The van der Waals surface area contributed by atoms with Crippen LogP contribution in [0.1, 0.15) is 27.2 Å². The van der Waals surface area contributed by atoms with Crippen molar-refractivity contribution in [3.8, 4) is 0 Å². The molecule has 0 aliphatic rings. The van der Waals surface area contributed by atoms with Crippen LogP contribution in [0.15, 0.2) is 24.4 Å². The third-order valence-corrected chi connectivity index (χ3v) is 2.43. The van der Waals surface area contributed by atoms with Crippen molar-refractivity contribution in [2.45, 2.75) is 33.2 Å². The molecule has 76 valence electrons. The van der Waals surface area contributed by atoms with Gasteiger partial charge in [-0.05, 0) is 38.1 Å². The molecule has 0 aliphatic carbocycles. The Morgan fingerprint density at radius 1 is 1.38 bits per heavy atom. The van der Waals surface area contributed by atoms with E-state index >= 15 is 0 Å². The van der Waals surface area contributed by atoms with Crippen LogP contribution in [-0.4, -0.2) is 11.8 Å². The van der Waals surface area contributed by atoms with Crippen molar-refractivity contribution in [1.82, 2.24) is 5.32 Å². The third-order valence-electron chi connectivity index (χ3n) is 1.96. The van der Waals surface area contributed by atoms with E-state index in [-0.39, 0.29) is 0 Å². The van der Waals surface area contributed by atoms with E-state index < -0.39 is 0 Å². The molecule has 1 nitrogen and oxygen atoms in total. The van der Waals surface area contributed by atoms with E-state index in [2.05, 4.69) is 43.9 Å². The maximum Gasteiger partial charge on any atom is 0.0410 e. The minimum absolute atomic E-state index is 0.408. The molecule has 0 aromatic carbocycles. The third kappa shape index (κ3) is 6.76. The molecule has 0 aromatic rings. The van der Waals surface area contributed by atoms with Crippen LogP contribution in [-0.2, 0) is 0 Å². The van der Waals surface area contributed by atoms with Crippen LogP contribution >= 0.6 is 12.6 Å². The summed E-state index contributed by atoms with van der Waals surface area (Å²) >= 11 is 4.28. The summed E-state index contributed by atoms with van der Waals surface area (Å²) in [5, 5.41) is 3.24. The van der Waals surface area contributed by atoms with Crippen LogP contribution < -0.4 is 5.32 Å². The standard InChI is InChI=1S/C11H21NS/c1-4-8-12-10(3)6-7-11(5-2)9-13/h4,6-8,10-13H,5,9H2,1-3H3/b7-6-,8-4-/t10?,11-/m1/s1. The number of nitrogens with one attached hydrogen (secondary N) is 1. The zero-order chi connectivity index (χ0) is 10.1. The molecule has 0 saturated heterocycles. The lowest BCUT2D eigenvalue weighted by molar-refractivity contribution is 0.693. The average molecular weight is 199 g/mol. The van der Waals surface area contributed by atoms with Crippen molar-refractivity contribution in [3.63, 3.8) is 0 Å². The van der Waals surface area contributed by atoms with E-state index in [0.717, 1.165) is 12.2 Å². The predicted molar refractivity (Wildman–Crippen MR) is 64.2 cm³/mol. The van der Waals surface area contributed by atoms with Crippen LogP contribution in [0.4, 0.5) is 0 Å². The van der Waals surface area contributed by atoms with Crippen molar-refractivity contribution in [1.29, 1.82) is 0 Å². The Balaban J connectivity index is 3.79. The molecule has 1 unspecified atom stereocenters. The van der Waals surface area contributed by atoms with Crippen LogP contribution in [0.25, 0.3) is 0 Å². The van der Waals surface area contributed by atoms with E-state index in [1.165, 1.54) is 0 Å². The Kier molecular flexibility index (Phi) is 8.00. The van der Waals surface area contributed by atoms with Crippen molar-refractivity contribution in [2.24, 2.45) is 5.92 Å². The first-order valence-corrected chi connectivity index (χ1v) is 5.54. The van der Waals surface area contributed by atoms with Crippen LogP contribution in [0, 0.1) is 5.92 Å². The fourth-order valence-electron chi connectivity index (χ4n) is 0.953. The van der Waals surface area contributed by atoms with E-state index in [0.29, 0.717) is 12.0 Å². The molecule has 0 spiro atoms. The van der Waals surface area contributed by atoms with Gasteiger partial charge < -0.3 is 5.32 Å². The molecule has 2 atom stereocenters. The minimum Gasteiger partial charge on any atom is -0.385 e. The smallest absolute Gasteiger partial charge is 0.0410 e. The van der Waals surface area contributed by atoms with Crippen molar-refractivity contribution >= 4 is 12.6 Å². The summed E-state index contributed by atoms with van der Waals surface area (Å²) in [6, 6.07) is 0.408. The maximum atomic E-state index is 4.28. The molecule has 0 amide bonds. The molecule has 2 heteroatoms. The second-order valence-electron chi connectivity index (χ2n) is 3.19. The summed E-state index contributed by atoms with van der Waals surface area (Å²) in [7, 11) is 0. The first-order chi connectivity index (χ1) is 6.24. The molecule has 13 heavy (non-hydrogen) atoms. The highest BCUT2D eigenvalue weighted by Crippen LogP contribution is 2.06. The highest BCUT2D eigenvalue weighted by molar-refractivity contribution is 7.80. The predicted octanol–water partition coefficient (Wildman–Crippen LogP) is 3.01. The summed E-state index contributed by atoms with van der Waals surface area (Å²) < 4.78 is 0. The van der Waals surface area contributed by atoms with Gasteiger partial charge in [-0.3, -0.25) is 0 Å². The van der Waals surface area contributed by atoms with Gasteiger partial charge in [0.1, 0.15) is 0 Å². The summed E-state index contributed by atoms with van der Waals surface area (Å²) in [5.41, 5.74) is 0. The molecular weight excluding hydrogens is 178 g/mol. The van der Waals surface area contributed by atoms with Gasteiger partial charge in [0, 0.05) is 6.04 Å². The first-order valence-electron chi connectivity index (χ1n) is 4.91. The van der Waals surface area contributed by atoms with Crippen LogP contribution in [0.5, 0.6) is 0 Å². The molecule has 0 aromatic heterocycles. The maximum absolute atomic E-state index is 4.28. The second kappa shape index (κ2) is 8.24. The van der Waals surface area contributed by atoms with E-state index in [9.17, 15) is 0 Å². The Bertz CT molecular complexity index is 159. The Morgan fingerprint density at radius 3 is 2.54 bits per heavy atom. The normalized spacial score (nSPS) is 16.6. The lowest BCUT2D eigenvalue weighted by Gasteiger charge is -2.08. The van der Waals surface area contributed by atoms with E-state index in [1.807, 2.05) is 19.2 Å². The van der Waals surface area contributed by atoms with Crippen LogP contribution in [0.2, 0.25) is 0 Å². The lowest BCUT2D eigenvalue weighted by Crippen LogP contribution is -2.17. The zero-order valence-electron chi connectivity index (χ0n) is 8.83. The summed E-state index contributed by atoms with van der Waals surface area (Å²) in [6.45, 7) is 6.34. The number of hydrogen-bond donors (Lipinski definition) is 2. The van der Waals surface area contributed by atoms with Gasteiger partial charge in [0.15, 0.2) is 0 Å². The van der Waals surface area contributed by atoms with Crippen molar-refractivity contribution in [3.05, 3.63) is 24.4 Å². The van der Waals surface area contributed by atoms with E-state index in [4.69, 9.17) is 0 Å². The average Bonchev–Trinajstić information content (AvgIpc) is 2.16. The molecule has 0 bridgehead atoms. The quantitative estimate of drug-likeness (QED) is 0.495. The molecule has 0 rings (SSSR count). The molecule has 0 radical (unpaired) electrons. The summed E-state index contributed by atoms with van der Waals surface area (Å²) in [5.74, 6) is 1.54. The lowest BCUT2D eigenvalue weighted by atomic mass is 10.1. The van der Waals surface area contributed by atoms with Crippen LogP contribution in [0.3, 0.4) is 0 Å². The highest BCUT2D eigenvalue weighted by Gasteiger charge is 1.98. The molecular formula is C11H21NS. The van der Waals surface area contributed by atoms with Gasteiger partial charge in [0.2, 0.25) is 0 Å².